The molecule has 0 fully saturated rings. The van der Waals surface area contributed by atoms with Gasteiger partial charge in [0.05, 0.1) is 5.54 Å². The van der Waals surface area contributed by atoms with Gasteiger partial charge in [0.25, 0.3) is 0 Å². The zero-order valence-corrected chi connectivity index (χ0v) is 9.76. The molecule has 0 amide bonds. The number of hydrogen-bond donors (Lipinski definition) is 1. The van der Waals surface area contributed by atoms with Crippen molar-refractivity contribution in [2.75, 3.05) is 0 Å². The third-order valence-corrected chi connectivity index (χ3v) is 2.61. The molecule has 0 spiro atoms. The summed E-state index contributed by atoms with van der Waals surface area (Å²) in [6.07, 6.45) is 0. The second-order valence-electron chi connectivity index (χ2n) is 4.01. The van der Waals surface area contributed by atoms with E-state index in [0.29, 0.717) is 0 Å². The van der Waals surface area contributed by atoms with Crippen LogP contribution in [0.2, 0.25) is 0 Å². The van der Waals surface area contributed by atoms with Gasteiger partial charge < -0.3 is 10.2 Å². The highest BCUT2D eigenvalue weighted by atomic mass is 79.9. The van der Waals surface area contributed by atoms with Crippen molar-refractivity contribution in [2.45, 2.75) is 19.4 Å². The molecular formula is C11H12BrNO. The van der Waals surface area contributed by atoms with Gasteiger partial charge in [0, 0.05) is 9.86 Å². The molecule has 0 saturated carbocycles. The first-order valence-electron chi connectivity index (χ1n) is 4.45. The van der Waals surface area contributed by atoms with Gasteiger partial charge in [0.15, 0.2) is 0 Å². The molecule has 0 aliphatic carbocycles. The van der Waals surface area contributed by atoms with Gasteiger partial charge in [-0.15, -0.1) is 0 Å². The summed E-state index contributed by atoms with van der Waals surface area (Å²) in [6, 6.07) is 7.94. The Morgan fingerprint density at radius 2 is 2.00 bits per heavy atom. The van der Waals surface area contributed by atoms with Crippen LogP contribution >= 0.6 is 15.9 Å². The second-order valence-corrected chi connectivity index (χ2v) is 4.93. The van der Waals surface area contributed by atoms with E-state index in [2.05, 4.69) is 15.9 Å². The molecule has 2 rings (SSSR count). The van der Waals surface area contributed by atoms with Crippen LogP contribution in [0.1, 0.15) is 19.6 Å². The molecule has 2 aromatic rings. The summed E-state index contributed by atoms with van der Waals surface area (Å²) in [7, 11) is 0. The van der Waals surface area contributed by atoms with E-state index in [0.717, 1.165) is 21.2 Å². The van der Waals surface area contributed by atoms with Crippen LogP contribution in [0, 0.1) is 0 Å². The summed E-state index contributed by atoms with van der Waals surface area (Å²) in [4.78, 5) is 0. The van der Waals surface area contributed by atoms with Crippen LogP contribution in [0.15, 0.2) is 33.2 Å². The van der Waals surface area contributed by atoms with Crippen molar-refractivity contribution in [1.29, 1.82) is 0 Å². The molecular weight excluding hydrogens is 242 g/mol. The van der Waals surface area contributed by atoms with Crippen LogP contribution < -0.4 is 5.73 Å². The zero-order chi connectivity index (χ0) is 10.3. The Morgan fingerprint density at radius 1 is 1.29 bits per heavy atom. The predicted octanol–water partition coefficient (Wildman–Crippen LogP) is 3.39. The third kappa shape index (κ3) is 1.70. The van der Waals surface area contributed by atoms with E-state index < -0.39 is 5.54 Å². The third-order valence-electron chi connectivity index (χ3n) is 2.12. The summed E-state index contributed by atoms with van der Waals surface area (Å²) in [6.45, 7) is 3.86. The average Bonchev–Trinajstić information content (AvgIpc) is 2.45. The Hall–Kier alpha value is -0.800. The molecule has 1 aromatic heterocycles. The minimum Gasteiger partial charge on any atom is -0.459 e. The van der Waals surface area contributed by atoms with Gasteiger partial charge in [-0.2, -0.15) is 0 Å². The number of hydrogen-bond acceptors (Lipinski definition) is 2. The first-order chi connectivity index (χ1) is 6.47. The Balaban J connectivity index is 2.63. The maximum absolute atomic E-state index is 5.95. The number of halogens is 1. The maximum Gasteiger partial charge on any atom is 0.135 e. The van der Waals surface area contributed by atoms with E-state index >= 15 is 0 Å². The normalized spacial score (nSPS) is 12.3. The van der Waals surface area contributed by atoms with E-state index in [1.807, 2.05) is 38.1 Å². The highest BCUT2D eigenvalue weighted by Gasteiger charge is 2.19. The fraction of sp³-hybridized carbons (Fsp3) is 0.273. The topological polar surface area (TPSA) is 39.2 Å². The molecule has 0 unspecified atom stereocenters. The van der Waals surface area contributed by atoms with Crippen molar-refractivity contribution < 1.29 is 4.42 Å². The lowest BCUT2D eigenvalue weighted by Gasteiger charge is -2.13. The Labute approximate surface area is 91.2 Å². The summed E-state index contributed by atoms with van der Waals surface area (Å²) >= 11 is 3.40. The zero-order valence-electron chi connectivity index (χ0n) is 8.17. The molecule has 1 aromatic carbocycles. The molecule has 0 aliphatic rings. The van der Waals surface area contributed by atoms with Gasteiger partial charge in [-0.25, -0.2) is 0 Å². The molecule has 2 N–H and O–H groups in total. The summed E-state index contributed by atoms with van der Waals surface area (Å²) in [5, 5.41) is 1.08. The quantitative estimate of drug-likeness (QED) is 0.847. The van der Waals surface area contributed by atoms with Crippen LogP contribution in [0.3, 0.4) is 0 Å². The minimum absolute atomic E-state index is 0.425. The average molecular weight is 254 g/mol. The molecule has 0 atom stereocenters. The van der Waals surface area contributed by atoms with Crippen molar-refractivity contribution in [3.05, 3.63) is 34.5 Å². The van der Waals surface area contributed by atoms with Gasteiger partial charge in [-0.05, 0) is 38.1 Å². The maximum atomic E-state index is 5.95. The van der Waals surface area contributed by atoms with Crippen molar-refractivity contribution in [3.8, 4) is 0 Å². The number of fused-ring (bicyclic) bond motifs is 1. The van der Waals surface area contributed by atoms with E-state index in [-0.39, 0.29) is 0 Å². The largest absolute Gasteiger partial charge is 0.459 e. The van der Waals surface area contributed by atoms with Crippen LogP contribution in [-0.4, -0.2) is 0 Å². The molecule has 0 radical (unpaired) electrons. The monoisotopic (exact) mass is 253 g/mol. The number of rotatable bonds is 1. The lowest BCUT2D eigenvalue weighted by atomic mass is 10.0. The van der Waals surface area contributed by atoms with Crippen LogP contribution in [-0.2, 0) is 5.54 Å². The predicted molar refractivity (Wildman–Crippen MR) is 61.1 cm³/mol. The highest BCUT2D eigenvalue weighted by molar-refractivity contribution is 9.10. The highest BCUT2D eigenvalue weighted by Crippen LogP contribution is 2.27. The van der Waals surface area contributed by atoms with Gasteiger partial charge in [-0.3, -0.25) is 0 Å². The summed E-state index contributed by atoms with van der Waals surface area (Å²) in [5.41, 5.74) is 6.40. The lowest BCUT2D eigenvalue weighted by molar-refractivity contribution is 0.413. The smallest absolute Gasteiger partial charge is 0.135 e. The summed E-state index contributed by atoms with van der Waals surface area (Å²) in [5.74, 6) is 0.811. The molecule has 14 heavy (non-hydrogen) atoms. The first kappa shape index (κ1) is 9.74. The lowest BCUT2D eigenvalue weighted by Crippen LogP contribution is -2.27. The SMILES string of the molecule is CC(C)(N)c1cc2ccc(Br)cc2o1. The number of nitrogens with two attached hydrogens (primary N) is 1. The van der Waals surface area contributed by atoms with Crippen molar-refractivity contribution >= 4 is 26.9 Å². The molecule has 2 nitrogen and oxygen atoms in total. The van der Waals surface area contributed by atoms with Crippen molar-refractivity contribution in [3.63, 3.8) is 0 Å². The molecule has 0 saturated heterocycles. The number of benzene rings is 1. The summed E-state index contributed by atoms with van der Waals surface area (Å²) < 4.78 is 6.67. The van der Waals surface area contributed by atoms with Gasteiger partial charge in [0.1, 0.15) is 11.3 Å². The Kier molecular flexibility index (Phi) is 2.16. The molecule has 74 valence electrons. The van der Waals surface area contributed by atoms with E-state index in [1.54, 1.807) is 0 Å². The fourth-order valence-corrected chi connectivity index (χ4v) is 1.66. The van der Waals surface area contributed by atoms with Gasteiger partial charge in [-0.1, -0.05) is 15.9 Å². The Morgan fingerprint density at radius 3 is 2.64 bits per heavy atom. The van der Waals surface area contributed by atoms with Gasteiger partial charge >= 0.3 is 0 Å². The van der Waals surface area contributed by atoms with Crippen molar-refractivity contribution in [2.24, 2.45) is 5.73 Å². The second kappa shape index (κ2) is 3.11. The fourth-order valence-electron chi connectivity index (χ4n) is 1.32. The molecule has 1 heterocycles. The van der Waals surface area contributed by atoms with Crippen LogP contribution in [0.4, 0.5) is 0 Å². The number of furan rings is 1. The van der Waals surface area contributed by atoms with Crippen LogP contribution in [0.25, 0.3) is 11.0 Å². The van der Waals surface area contributed by atoms with Gasteiger partial charge in [0.2, 0.25) is 0 Å². The van der Waals surface area contributed by atoms with E-state index in [1.165, 1.54) is 0 Å². The minimum atomic E-state index is -0.425. The standard InChI is InChI=1S/C11H12BrNO/c1-11(2,13)10-5-7-3-4-8(12)6-9(7)14-10/h3-6H,13H2,1-2H3. The van der Waals surface area contributed by atoms with Crippen LogP contribution in [0.5, 0.6) is 0 Å². The first-order valence-corrected chi connectivity index (χ1v) is 5.24. The van der Waals surface area contributed by atoms with E-state index in [9.17, 15) is 0 Å². The Bertz CT molecular complexity index is 468. The molecule has 0 bridgehead atoms. The van der Waals surface area contributed by atoms with E-state index in [4.69, 9.17) is 10.2 Å². The molecule has 0 aliphatic heterocycles. The van der Waals surface area contributed by atoms with Crippen molar-refractivity contribution in [1.82, 2.24) is 0 Å². The molecule has 3 heteroatoms.